The van der Waals surface area contributed by atoms with E-state index >= 15 is 0 Å². The molecule has 7 heteroatoms. The number of carbonyl (C=O) groups is 1. The van der Waals surface area contributed by atoms with Gasteiger partial charge in [0, 0.05) is 19.1 Å². The summed E-state index contributed by atoms with van der Waals surface area (Å²) in [7, 11) is 0. The van der Waals surface area contributed by atoms with Gasteiger partial charge in [0.1, 0.15) is 17.1 Å². The van der Waals surface area contributed by atoms with Crippen molar-refractivity contribution in [2.24, 2.45) is 11.8 Å². The average Bonchev–Trinajstić information content (AvgIpc) is 2.95. The van der Waals surface area contributed by atoms with E-state index in [-0.39, 0.29) is 36.7 Å². The third-order valence-corrected chi connectivity index (χ3v) is 10.3. The molecule has 0 bridgehead atoms. The maximum absolute atomic E-state index is 13.7. The molecular weight excluding hydrogens is 591 g/mol. The van der Waals surface area contributed by atoms with Crippen molar-refractivity contribution in [3.63, 3.8) is 0 Å². The lowest BCUT2D eigenvalue weighted by molar-refractivity contribution is -0.138. The van der Waals surface area contributed by atoms with Gasteiger partial charge in [0.15, 0.2) is 0 Å². The molecule has 3 heterocycles. The van der Waals surface area contributed by atoms with Crippen molar-refractivity contribution in [1.29, 1.82) is 0 Å². The van der Waals surface area contributed by atoms with E-state index < -0.39 is 5.60 Å². The number of likely N-dealkylation sites (tertiary alicyclic amines) is 1. The molecule has 3 aliphatic heterocycles. The lowest BCUT2D eigenvalue weighted by Crippen LogP contribution is -2.42. The predicted octanol–water partition coefficient (Wildman–Crippen LogP) is 8.92. The van der Waals surface area contributed by atoms with Crippen molar-refractivity contribution < 1.29 is 14.3 Å². The molecule has 3 aliphatic rings. The van der Waals surface area contributed by atoms with Crippen molar-refractivity contribution in [3.05, 3.63) is 28.8 Å². The van der Waals surface area contributed by atoms with Crippen LogP contribution < -0.4 is 9.47 Å². The van der Waals surface area contributed by atoms with E-state index in [4.69, 9.17) is 15.9 Å². The van der Waals surface area contributed by atoms with Crippen LogP contribution >= 0.6 is 24.8 Å². The smallest absolute Gasteiger partial charge is 0.314 e. The van der Waals surface area contributed by atoms with E-state index in [1.165, 1.54) is 61.7 Å². The van der Waals surface area contributed by atoms with Gasteiger partial charge in [0.25, 0.3) is 0 Å². The number of unbranched alkanes of at least 4 members (excludes halogenated alkanes) is 2. The largest absolute Gasteiger partial charge is 0.483 e. The van der Waals surface area contributed by atoms with Crippen LogP contribution in [0, 0.1) is 24.2 Å². The van der Waals surface area contributed by atoms with Crippen LogP contribution in [0.5, 0.6) is 11.5 Å². The molecular formula is C37H58Cl2N2O3. The van der Waals surface area contributed by atoms with Crippen LogP contribution in [0.25, 0.3) is 5.57 Å². The highest BCUT2D eigenvalue weighted by Crippen LogP contribution is 2.50. The molecule has 1 fully saturated rings. The topological polar surface area (TPSA) is 42.0 Å². The number of hydrogen-bond acceptors (Lipinski definition) is 5. The summed E-state index contributed by atoms with van der Waals surface area (Å²) in [5.41, 5.74) is 4.23. The van der Waals surface area contributed by atoms with Crippen LogP contribution in [0.15, 0.2) is 17.7 Å². The fraction of sp³-hybridized carbons (Fsp3) is 0.703. The number of hydrogen-bond donors (Lipinski definition) is 0. The minimum Gasteiger partial charge on any atom is -0.483 e. The average molecular weight is 650 g/mol. The van der Waals surface area contributed by atoms with Gasteiger partial charge in [-0.2, -0.15) is 0 Å². The number of carbonyl (C=O) groups excluding carboxylic acids is 1. The number of terminal acetylenes is 1. The lowest BCUT2D eigenvalue weighted by Gasteiger charge is -2.42. The molecule has 0 amide bonds. The number of halogens is 2. The number of fused-ring (bicyclic) bond motifs is 2. The molecule has 1 aromatic rings. The van der Waals surface area contributed by atoms with Crippen molar-refractivity contribution in [2.75, 3.05) is 32.7 Å². The summed E-state index contributed by atoms with van der Waals surface area (Å²) < 4.78 is 13.2. The summed E-state index contributed by atoms with van der Waals surface area (Å²) in [6.45, 7) is 19.9. The standard InChI is InChI=1S/C37H56N2O3.2ClH/c1-9-11-12-15-26(3)29(6)30-23-33(41-36(40)27(4)17-22-39-20-14-13-16-28(39)5)35-31-25-38(19-10-2)21-18-32(31)37(7,8)42-34(35)24-30;;/h2,23-24,26-29H,9,11-22,25H2,1,3-8H3;2*1H. The normalized spacial score (nSPS) is 21.7. The molecule has 0 saturated carbocycles. The first-order chi connectivity index (χ1) is 20.1. The number of benzene rings is 1. The second-order valence-electron chi connectivity index (χ2n) is 13.9. The zero-order valence-electron chi connectivity index (χ0n) is 28.4. The second-order valence-corrected chi connectivity index (χ2v) is 13.9. The molecule has 5 nitrogen and oxygen atoms in total. The fourth-order valence-electron chi connectivity index (χ4n) is 7.12. The molecule has 1 saturated heterocycles. The molecule has 44 heavy (non-hydrogen) atoms. The van der Waals surface area contributed by atoms with Crippen molar-refractivity contribution in [3.8, 4) is 23.8 Å². The van der Waals surface area contributed by atoms with Crippen LogP contribution in [0.2, 0.25) is 0 Å². The van der Waals surface area contributed by atoms with Crippen molar-refractivity contribution in [1.82, 2.24) is 9.80 Å². The molecule has 4 atom stereocenters. The lowest BCUT2D eigenvalue weighted by atomic mass is 9.79. The highest BCUT2D eigenvalue weighted by Gasteiger charge is 2.40. The Bertz CT molecular complexity index is 1170. The van der Waals surface area contributed by atoms with Gasteiger partial charge in [-0.05, 0) is 100 Å². The van der Waals surface area contributed by atoms with Crippen molar-refractivity contribution >= 4 is 36.4 Å². The predicted molar refractivity (Wildman–Crippen MR) is 188 cm³/mol. The molecule has 1 aromatic carbocycles. The summed E-state index contributed by atoms with van der Waals surface area (Å²) in [6.07, 6.45) is 16.2. The Kier molecular flexibility index (Phi) is 15.1. The SMILES string of the molecule is C#CCN1CCC2=C(C1)c1c(OC(=O)C(C)CCN3CCCCC3C)cc(C(C)C(C)CCCCC)cc1OC2(C)C.Cl.Cl. The second kappa shape index (κ2) is 17.3. The van der Waals surface area contributed by atoms with E-state index in [2.05, 4.69) is 69.4 Å². The quantitative estimate of drug-likeness (QED) is 0.0979. The Morgan fingerprint density at radius 3 is 2.57 bits per heavy atom. The molecule has 0 N–H and O–H groups in total. The van der Waals surface area contributed by atoms with Crippen molar-refractivity contribution in [2.45, 2.75) is 124 Å². The first-order valence-corrected chi connectivity index (χ1v) is 16.8. The number of rotatable bonds is 12. The summed E-state index contributed by atoms with van der Waals surface area (Å²) in [4.78, 5) is 18.5. The third kappa shape index (κ3) is 9.18. The van der Waals surface area contributed by atoms with Crippen LogP contribution in [-0.2, 0) is 4.79 Å². The van der Waals surface area contributed by atoms with Gasteiger partial charge in [0.05, 0.1) is 18.0 Å². The minimum atomic E-state index is -0.418. The molecule has 0 aromatic heterocycles. The molecule has 248 valence electrons. The number of esters is 1. The van der Waals surface area contributed by atoms with Crippen LogP contribution in [-0.4, -0.2) is 60.1 Å². The Balaban J connectivity index is 0.00000337. The van der Waals surface area contributed by atoms with Gasteiger partial charge < -0.3 is 14.4 Å². The summed E-state index contributed by atoms with van der Waals surface area (Å²) in [6, 6.07) is 4.96. The Morgan fingerprint density at radius 1 is 1.14 bits per heavy atom. The maximum atomic E-state index is 13.7. The molecule has 0 radical (unpaired) electrons. The minimum absolute atomic E-state index is 0. The Morgan fingerprint density at radius 2 is 1.89 bits per heavy atom. The van der Waals surface area contributed by atoms with Gasteiger partial charge in [-0.3, -0.25) is 9.69 Å². The number of nitrogens with zero attached hydrogens (tertiary/aromatic N) is 2. The van der Waals surface area contributed by atoms with Gasteiger partial charge in [0.2, 0.25) is 0 Å². The fourth-order valence-corrected chi connectivity index (χ4v) is 7.12. The number of piperidine rings is 1. The summed E-state index contributed by atoms with van der Waals surface area (Å²) in [5, 5.41) is 0. The Hall–Kier alpha value is -1.71. The highest BCUT2D eigenvalue weighted by molar-refractivity contribution is 5.86. The summed E-state index contributed by atoms with van der Waals surface area (Å²) in [5.74, 6) is 4.84. The van der Waals surface area contributed by atoms with Gasteiger partial charge in [-0.1, -0.05) is 65.7 Å². The summed E-state index contributed by atoms with van der Waals surface area (Å²) >= 11 is 0. The number of ether oxygens (including phenoxy) is 2. The highest BCUT2D eigenvalue weighted by atomic mass is 35.5. The molecule has 4 rings (SSSR count). The monoisotopic (exact) mass is 648 g/mol. The third-order valence-electron chi connectivity index (χ3n) is 10.3. The maximum Gasteiger partial charge on any atom is 0.314 e. The van der Waals surface area contributed by atoms with E-state index in [0.717, 1.165) is 50.3 Å². The van der Waals surface area contributed by atoms with Gasteiger partial charge in [-0.15, -0.1) is 31.2 Å². The van der Waals surface area contributed by atoms with Gasteiger partial charge in [-0.25, -0.2) is 0 Å². The molecule has 0 aliphatic carbocycles. The Labute approximate surface area is 280 Å². The zero-order chi connectivity index (χ0) is 30.4. The molecule has 0 spiro atoms. The first-order valence-electron chi connectivity index (χ1n) is 16.8. The molecule has 4 unspecified atom stereocenters. The van der Waals surface area contributed by atoms with Crippen LogP contribution in [0.4, 0.5) is 0 Å². The van der Waals surface area contributed by atoms with Crippen LogP contribution in [0.3, 0.4) is 0 Å². The van der Waals surface area contributed by atoms with E-state index in [9.17, 15) is 4.79 Å². The van der Waals surface area contributed by atoms with E-state index in [1.807, 2.05) is 6.92 Å². The first kappa shape index (κ1) is 38.5. The van der Waals surface area contributed by atoms with Crippen LogP contribution in [0.1, 0.15) is 123 Å². The van der Waals surface area contributed by atoms with E-state index in [0.29, 0.717) is 30.2 Å². The van der Waals surface area contributed by atoms with Gasteiger partial charge >= 0.3 is 5.97 Å². The van der Waals surface area contributed by atoms with E-state index in [1.54, 1.807) is 0 Å². The zero-order valence-corrected chi connectivity index (χ0v) is 30.0.